The van der Waals surface area contributed by atoms with Gasteiger partial charge in [-0.1, -0.05) is 13.3 Å². The van der Waals surface area contributed by atoms with E-state index in [4.69, 9.17) is 0 Å². The highest BCUT2D eigenvalue weighted by Crippen LogP contribution is 2.95. The van der Waals surface area contributed by atoms with Gasteiger partial charge in [0.25, 0.3) is 0 Å². The SMILES string of the molecule is CCC1C2C3CCC3C2C1C1CC2C1C1C2C2C1C1C3C4C5C6CCC6C5C4C3C21. The van der Waals surface area contributed by atoms with E-state index in [0.29, 0.717) is 0 Å². The monoisotopic (exact) mass is 398 g/mol. The van der Waals surface area contributed by atoms with Crippen molar-refractivity contribution in [2.24, 2.45) is 136 Å². The van der Waals surface area contributed by atoms with Crippen LogP contribution in [0.15, 0.2) is 0 Å². The summed E-state index contributed by atoms with van der Waals surface area (Å²) in [5.74, 6) is 29.3. The van der Waals surface area contributed by atoms with Crippen LogP contribution in [-0.4, -0.2) is 0 Å². The Morgan fingerprint density at radius 1 is 0.367 bits per heavy atom. The molecule has 12 rings (SSSR count). The van der Waals surface area contributed by atoms with Gasteiger partial charge in [-0.3, -0.25) is 0 Å². The lowest BCUT2D eigenvalue weighted by Gasteiger charge is -2.96. The van der Waals surface area contributed by atoms with Crippen molar-refractivity contribution >= 4 is 0 Å². The van der Waals surface area contributed by atoms with Crippen LogP contribution in [0.2, 0.25) is 0 Å². The zero-order valence-electron chi connectivity index (χ0n) is 18.5. The fourth-order valence-electron chi connectivity index (χ4n) is 16.7. The average molecular weight is 399 g/mol. The summed E-state index contributed by atoms with van der Waals surface area (Å²) in [4.78, 5) is 0. The maximum absolute atomic E-state index is 2.55. The van der Waals surface area contributed by atoms with Gasteiger partial charge in [0.1, 0.15) is 0 Å². The summed E-state index contributed by atoms with van der Waals surface area (Å²) in [5, 5.41) is 0. The molecule has 0 heterocycles. The van der Waals surface area contributed by atoms with Crippen molar-refractivity contribution in [1.82, 2.24) is 0 Å². The summed E-state index contributed by atoms with van der Waals surface area (Å²) < 4.78 is 0. The second-order valence-corrected chi connectivity index (χ2v) is 15.7. The van der Waals surface area contributed by atoms with Gasteiger partial charge in [-0.05, 0) is 168 Å². The molecule has 0 nitrogen and oxygen atoms in total. The normalized spacial score (nSPS) is 87.3. The molecule has 0 aliphatic heterocycles. The van der Waals surface area contributed by atoms with Crippen molar-refractivity contribution in [3.05, 3.63) is 0 Å². The summed E-state index contributed by atoms with van der Waals surface area (Å²) in [6, 6.07) is 0. The van der Waals surface area contributed by atoms with E-state index in [2.05, 4.69) is 6.92 Å². The molecule has 158 valence electrons. The van der Waals surface area contributed by atoms with Gasteiger partial charge in [-0.2, -0.15) is 0 Å². The van der Waals surface area contributed by atoms with Crippen molar-refractivity contribution in [3.63, 3.8) is 0 Å². The van der Waals surface area contributed by atoms with Crippen molar-refractivity contribution in [3.8, 4) is 0 Å². The topological polar surface area (TPSA) is 0 Å². The van der Waals surface area contributed by atoms with Crippen LogP contribution in [0, 0.1) is 136 Å². The number of hydrogen-bond acceptors (Lipinski definition) is 0. The Hall–Kier alpha value is 0. The van der Waals surface area contributed by atoms with E-state index in [1.165, 1.54) is 143 Å². The van der Waals surface area contributed by atoms with E-state index in [9.17, 15) is 0 Å². The third-order valence-corrected chi connectivity index (χ3v) is 17.2. The molecular formula is C30H38. The second kappa shape index (κ2) is 4.04. The molecule has 0 N–H and O–H groups in total. The minimum atomic E-state index is 1.19. The molecule has 30 heavy (non-hydrogen) atoms. The molecule has 0 bridgehead atoms. The molecule has 12 fully saturated rings. The summed E-state index contributed by atoms with van der Waals surface area (Å²) in [6.45, 7) is 2.55. The van der Waals surface area contributed by atoms with Crippen LogP contribution in [-0.2, 0) is 0 Å². The molecule has 0 amide bonds. The van der Waals surface area contributed by atoms with Crippen LogP contribution < -0.4 is 0 Å². The van der Waals surface area contributed by atoms with Crippen LogP contribution in [0.1, 0.15) is 45.4 Å². The lowest BCUT2D eigenvalue weighted by atomic mass is 9.09. The predicted molar refractivity (Wildman–Crippen MR) is 114 cm³/mol. The Kier molecular flexibility index (Phi) is 2.02. The van der Waals surface area contributed by atoms with Gasteiger partial charge >= 0.3 is 0 Å². The minimum Gasteiger partial charge on any atom is -0.0651 e. The van der Waals surface area contributed by atoms with Crippen LogP contribution in [0.3, 0.4) is 0 Å². The van der Waals surface area contributed by atoms with Crippen molar-refractivity contribution in [2.45, 2.75) is 45.4 Å². The Bertz CT molecular complexity index is 922. The van der Waals surface area contributed by atoms with Crippen LogP contribution in [0.5, 0.6) is 0 Å². The average Bonchev–Trinajstić information content (AvgIpc) is 2.66. The molecule has 0 heteroatoms. The molecular weight excluding hydrogens is 360 g/mol. The highest BCUT2D eigenvalue weighted by molar-refractivity contribution is 5.38. The fraction of sp³-hybridized carbons (Fsp3) is 1.00. The van der Waals surface area contributed by atoms with E-state index in [0.717, 1.165) is 0 Å². The van der Waals surface area contributed by atoms with E-state index < -0.39 is 0 Å². The van der Waals surface area contributed by atoms with Gasteiger partial charge in [-0.15, -0.1) is 0 Å². The molecule has 23 atom stereocenters. The maximum atomic E-state index is 2.55. The molecule has 0 radical (unpaired) electrons. The fourth-order valence-corrected chi connectivity index (χ4v) is 16.7. The lowest BCUT2D eigenvalue weighted by Crippen LogP contribution is -2.92. The molecule has 0 aromatic carbocycles. The van der Waals surface area contributed by atoms with E-state index in [1.54, 1.807) is 32.1 Å². The Morgan fingerprint density at radius 3 is 1.20 bits per heavy atom. The summed E-state index contributed by atoms with van der Waals surface area (Å²) >= 11 is 0. The molecule has 0 aromatic rings. The summed E-state index contributed by atoms with van der Waals surface area (Å²) in [5.41, 5.74) is 0. The first-order valence-electron chi connectivity index (χ1n) is 14.9. The van der Waals surface area contributed by atoms with Gasteiger partial charge in [0.05, 0.1) is 0 Å². The largest absolute Gasteiger partial charge is 0.0651 e. The highest BCUT2D eigenvalue weighted by atomic mass is 15.0. The summed E-state index contributed by atoms with van der Waals surface area (Å²) in [7, 11) is 0. The first-order valence-corrected chi connectivity index (χ1v) is 14.9. The smallest absolute Gasteiger partial charge is 0.0312 e. The molecule has 12 aliphatic rings. The Balaban J connectivity index is 0.823. The third-order valence-electron chi connectivity index (χ3n) is 17.2. The number of hydrogen-bond donors (Lipinski definition) is 0. The molecule has 0 spiro atoms. The Labute approximate surface area is 181 Å². The van der Waals surface area contributed by atoms with Gasteiger partial charge < -0.3 is 0 Å². The van der Waals surface area contributed by atoms with E-state index in [-0.39, 0.29) is 0 Å². The van der Waals surface area contributed by atoms with Crippen molar-refractivity contribution in [2.75, 3.05) is 0 Å². The van der Waals surface area contributed by atoms with Crippen LogP contribution in [0.25, 0.3) is 0 Å². The lowest BCUT2D eigenvalue weighted by molar-refractivity contribution is -0.489. The van der Waals surface area contributed by atoms with Gasteiger partial charge in [0.15, 0.2) is 0 Å². The van der Waals surface area contributed by atoms with Crippen LogP contribution >= 0.6 is 0 Å². The second-order valence-electron chi connectivity index (χ2n) is 15.7. The quantitative estimate of drug-likeness (QED) is 0.525. The minimum absolute atomic E-state index is 1.19. The molecule has 23 unspecified atom stereocenters. The Morgan fingerprint density at radius 2 is 0.700 bits per heavy atom. The first kappa shape index (κ1) is 15.0. The molecule has 0 aromatic heterocycles. The van der Waals surface area contributed by atoms with E-state index in [1.807, 2.05) is 0 Å². The number of rotatable bonds is 2. The standard InChI is InChI=1S/C30H38/c1-2-8-15-9-3-4-10(9)18(15)16(8)13-7-14-17(13)22-21(14)25-26(22)30-28-24-20-12-6-5-11(12)19(20)23(24)27(28)29(25)30/h8-30H,2-7H2,1H3. The molecule has 0 saturated heterocycles. The zero-order chi connectivity index (χ0) is 18.5. The molecule has 12 aliphatic carbocycles. The van der Waals surface area contributed by atoms with Crippen molar-refractivity contribution in [1.29, 1.82) is 0 Å². The molecule has 12 saturated carbocycles. The van der Waals surface area contributed by atoms with Gasteiger partial charge in [-0.25, -0.2) is 0 Å². The van der Waals surface area contributed by atoms with Crippen molar-refractivity contribution < 1.29 is 0 Å². The van der Waals surface area contributed by atoms with Crippen LogP contribution in [0.4, 0.5) is 0 Å². The van der Waals surface area contributed by atoms with Gasteiger partial charge in [0.2, 0.25) is 0 Å². The first-order chi connectivity index (χ1) is 14.9. The maximum Gasteiger partial charge on any atom is -0.0312 e. The zero-order valence-corrected chi connectivity index (χ0v) is 18.5. The predicted octanol–water partition coefficient (Wildman–Crippen LogP) is 5.68. The van der Waals surface area contributed by atoms with E-state index >= 15 is 0 Å². The highest BCUT2D eigenvalue weighted by Gasteiger charge is 2.91. The number of fused-ring (bicyclic) bond motifs is 26. The summed E-state index contributed by atoms with van der Waals surface area (Å²) in [6.07, 6.45) is 9.81. The van der Waals surface area contributed by atoms with Gasteiger partial charge in [0, 0.05) is 0 Å². The third kappa shape index (κ3) is 1.04.